The Kier molecular flexibility index (Phi) is 3.39. The van der Waals surface area contributed by atoms with Crippen molar-refractivity contribution < 1.29 is 9.53 Å². The smallest absolute Gasteiger partial charge is 0.410 e. The van der Waals surface area contributed by atoms with Crippen LogP contribution >= 0.6 is 0 Å². The Morgan fingerprint density at radius 3 is 2.74 bits per heavy atom. The standard InChI is InChI=1S/C14H20N2O3/c1-9-7-16(13(18)19-14(2,3)4)8-10-5-6-11(17)15-12(9)10/h5-6,9H,7-8H2,1-4H3,(H,15,17)/t9-/m1/s1. The lowest BCUT2D eigenvalue weighted by molar-refractivity contribution is 0.0207. The molecule has 0 bridgehead atoms. The highest BCUT2D eigenvalue weighted by Crippen LogP contribution is 2.26. The molecule has 104 valence electrons. The summed E-state index contributed by atoms with van der Waals surface area (Å²) in [5, 5.41) is 0. The lowest BCUT2D eigenvalue weighted by Crippen LogP contribution is -2.41. The van der Waals surface area contributed by atoms with Crippen molar-refractivity contribution in [2.45, 2.75) is 45.8 Å². The molecule has 0 saturated heterocycles. The predicted molar refractivity (Wildman–Crippen MR) is 72.1 cm³/mol. The van der Waals surface area contributed by atoms with Gasteiger partial charge in [-0.25, -0.2) is 4.79 Å². The molecule has 1 aliphatic rings. The number of H-pyrrole nitrogens is 1. The van der Waals surface area contributed by atoms with Gasteiger partial charge in [-0.2, -0.15) is 0 Å². The van der Waals surface area contributed by atoms with Crippen LogP contribution in [0.2, 0.25) is 0 Å². The molecule has 0 radical (unpaired) electrons. The number of hydrogen-bond donors (Lipinski definition) is 1. The number of fused-ring (bicyclic) bond motifs is 1. The summed E-state index contributed by atoms with van der Waals surface area (Å²) in [5.74, 6) is 0.102. The summed E-state index contributed by atoms with van der Waals surface area (Å²) in [5.41, 5.74) is 1.30. The molecule has 0 aromatic carbocycles. The topological polar surface area (TPSA) is 62.4 Å². The van der Waals surface area contributed by atoms with Gasteiger partial charge in [0.15, 0.2) is 0 Å². The quantitative estimate of drug-likeness (QED) is 0.781. The van der Waals surface area contributed by atoms with E-state index in [-0.39, 0.29) is 17.6 Å². The van der Waals surface area contributed by atoms with Gasteiger partial charge < -0.3 is 14.6 Å². The molecular formula is C14H20N2O3. The minimum atomic E-state index is -0.494. The third kappa shape index (κ3) is 3.16. The minimum Gasteiger partial charge on any atom is -0.444 e. The molecule has 0 aliphatic carbocycles. The number of nitrogens with one attached hydrogen (secondary N) is 1. The molecule has 1 aromatic heterocycles. The molecular weight excluding hydrogens is 244 g/mol. The van der Waals surface area contributed by atoms with Crippen molar-refractivity contribution in [2.75, 3.05) is 6.54 Å². The van der Waals surface area contributed by atoms with Crippen molar-refractivity contribution >= 4 is 6.09 Å². The maximum Gasteiger partial charge on any atom is 0.410 e. The monoisotopic (exact) mass is 264 g/mol. The fourth-order valence-corrected chi connectivity index (χ4v) is 2.26. The van der Waals surface area contributed by atoms with Crippen LogP contribution in [0.4, 0.5) is 4.79 Å². The number of hydrogen-bond acceptors (Lipinski definition) is 3. The van der Waals surface area contributed by atoms with Crippen LogP contribution in [0, 0.1) is 0 Å². The van der Waals surface area contributed by atoms with Gasteiger partial charge in [-0.3, -0.25) is 4.79 Å². The van der Waals surface area contributed by atoms with E-state index < -0.39 is 5.60 Å². The molecule has 5 nitrogen and oxygen atoms in total. The van der Waals surface area contributed by atoms with Crippen molar-refractivity contribution in [1.82, 2.24) is 9.88 Å². The minimum absolute atomic E-state index is 0.101. The van der Waals surface area contributed by atoms with E-state index in [4.69, 9.17) is 4.74 Å². The van der Waals surface area contributed by atoms with Crippen molar-refractivity contribution in [3.63, 3.8) is 0 Å². The molecule has 1 atom stereocenters. The highest BCUT2D eigenvalue weighted by Gasteiger charge is 2.29. The zero-order valence-corrected chi connectivity index (χ0v) is 11.8. The fourth-order valence-electron chi connectivity index (χ4n) is 2.26. The third-order valence-corrected chi connectivity index (χ3v) is 3.04. The van der Waals surface area contributed by atoms with Gasteiger partial charge in [0.2, 0.25) is 5.56 Å². The maximum atomic E-state index is 12.1. The second kappa shape index (κ2) is 4.72. The van der Waals surface area contributed by atoms with E-state index in [9.17, 15) is 9.59 Å². The zero-order valence-electron chi connectivity index (χ0n) is 11.8. The van der Waals surface area contributed by atoms with Gasteiger partial charge >= 0.3 is 6.09 Å². The number of carbonyl (C=O) groups excluding carboxylic acids is 1. The van der Waals surface area contributed by atoms with Crippen LogP contribution in [0.5, 0.6) is 0 Å². The highest BCUT2D eigenvalue weighted by molar-refractivity contribution is 5.68. The van der Waals surface area contributed by atoms with Gasteiger partial charge in [-0.05, 0) is 26.3 Å². The second-order valence-corrected chi connectivity index (χ2v) is 6.02. The van der Waals surface area contributed by atoms with E-state index in [1.807, 2.05) is 27.7 Å². The average molecular weight is 264 g/mol. The first-order valence-corrected chi connectivity index (χ1v) is 6.46. The lowest BCUT2D eigenvalue weighted by atomic mass is 9.97. The van der Waals surface area contributed by atoms with Crippen LogP contribution in [0.15, 0.2) is 16.9 Å². The summed E-state index contributed by atoms with van der Waals surface area (Å²) >= 11 is 0. The van der Waals surface area contributed by atoms with E-state index >= 15 is 0 Å². The summed E-state index contributed by atoms with van der Waals surface area (Å²) < 4.78 is 5.38. The Morgan fingerprint density at radius 1 is 1.42 bits per heavy atom. The Balaban J connectivity index is 2.19. The van der Waals surface area contributed by atoms with Crippen molar-refractivity contribution in [1.29, 1.82) is 0 Å². The summed E-state index contributed by atoms with van der Waals surface area (Å²) in [6.45, 7) is 8.58. The molecule has 5 heteroatoms. The van der Waals surface area contributed by atoms with E-state index in [1.165, 1.54) is 6.07 Å². The molecule has 2 heterocycles. The first-order valence-electron chi connectivity index (χ1n) is 6.46. The van der Waals surface area contributed by atoms with Crippen molar-refractivity contribution in [2.24, 2.45) is 0 Å². The molecule has 0 saturated carbocycles. The number of ether oxygens (including phenoxy) is 1. The number of carbonyl (C=O) groups is 1. The van der Waals surface area contributed by atoms with Gasteiger partial charge in [-0.1, -0.05) is 13.0 Å². The molecule has 0 spiro atoms. The van der Waals surface area contributed by atoms with E-state index in [1.54, 1.807) is 11.0 Å². The number of aromatic amines is 1. The van der Waals surface area contributed by atoms with Gasteiger partial charge in [0.1, 0.15) is 5.60 Å². The Hall–Kier alpha value is -1.78. The number of rotatable bonds is 0. The van der Waals surface area contributed by atoms with Gasteiger partial charge in [0, 0.05) is 24.2 Å². The van der Waals surface area contributed by atoms with Gasteiger partial charge in [0.25, 0.3) is 0 Å². The van der Waals surface area contributed by atoms with Crippen LogP contribution < -0.4 is 5.56 Å². The van der Waals surface area contributed by atoms with E-state index in [2.05, 4.69) is 4.98 Å². The summed E-state index contributed by atoms with van der Waals surface area (Å²) in [4.78, 5) is 27.9. The Morgan fingerprint density at radius 2 is 2.11 bits per heavy atom. The van der Waals surface area contributed by atoms with Crippen LogP contribution in [0.25, 0.3) is 0 Å². The Bertz CT molecular complexity index is 542. The van der Waals surface area contributed by atoms with Gasteiger partial charge in [0.05, 0.1) is 6.54 Å². The molecule has 2 rings (SSSR count). The lowest BCUT2D eigenvalue weighted by Gasteiger charge is -2.33. The Labute approximate surface area is 112 Å². The average Bonchev–Trinajstić information content (AvgIpc) is 2.27. The molecule has 1 aliphatic heterocycles. The van der Waals surface area contributed by atoms with E-state index in [0.29, 0.717) is 13.1 Å². The number of aromatic nitrogens is 1. The summed E-state index contributed by atoms with van der Waals surface area (Å²) in [6, 6.07) is 3.27. The summed E-state index contributed by atoms with van der Waals surface area (Å²) in [6.07, 6.45) is -0.309. The molecule has 0 unspecified atom stereocenters. The predicted octanol–water partition coefficient (Wildman–Crippen LogP) is 2.23. The number of pyridine rings is 1. The normalized spacial score (nSPS) is 18.9. The second-order valence-electron chi connectivity index (χ2n) is 6.02. The number of nitrogens with zero attached hydrogens (tertiary/aromatic N) is 1. The van der Waals surface area contributed by atoms with Crippen molar-refractivity contribution in [3.05, 3.63) is 33.7 Å². The first-order chi connectivity index (χ1) is 8.76. The van der Waals surface area contributed by atoms with E-state index in [0.717, 1.165) is 11.3 Å². The molecule has 19 heavy (non-hydrogen) atoms. The number of amides is 1. The van der Waals surface area contributed by atoms with Crippen LogP contribution in [-0.4, -0.2) is 28.1 Å². The highest BCUT2D eigenvalue weighted by atomic mass is 16.6. The molecule has 1 aromatic rings. The van der Waals surface area contributed by atoms with Crippen LogP contribution in [-0.2, 0) is 11.3 Å². The molecule has 0 fully saturated rings. The SMILES string of the molecule is C[C@@H]1CN(C(=O)OC(C)(C)C)Cc2ccc(=O)[nH]c21. The summed E-state index contributed by atoms with van der Waals surface area (Å²) in [7, 11) is 0. The molecule has 1 amide bonds. The zero-order chi connectivity index (χ0) is 14.2. The fraction of sp³-hybridized carbons (Fsp3) is 0.571. The van der Waals surface area contributed by atoms with Gasteiger partial charge in [-0.15, -0.1) is 0 Å². The van der Waals surface area contributed by atoms with Crippen LogP contribution in [0.3, 0.4) is 0 Å². The third-order valence-electron chi connectivity index (χ3n) is 3.04. The van der Waals surface area contributed by atoms with Crippen molar-refractivity contribution in [3.8, 4) is 0 Å². The maximum absolute atomic E-state index is 12.1. The van der Waals surface area contributed by atoms with Crippen LogP contribution in [0.1, 0.15) is 44.9 Å². The molecule has 1 N–H and O–H groups in total. The first kappa shape index (κ1) is 13.6. The largest absolute Gasteiger partial charge is 0.444 e.